The van der Waals surface area contributed by atoms with Gasteiger partial charge in [-0.1, -0.05) is 12.1 Å². The zero-order chi connectivity index (χ0) is 21.3. The van der Waals surface area contributed by atoms with Crippen LogP contribution in [0.1, 0.15) is 29.2 Å². The third-order valence-corrected chi connectivity index (χ3v) is 6.23. The average Bonchev–Trinajstić information content (AvgIpc) is 3.07. The van der Waals surface area contributed by atoms with Gasteiger partial charge in [0.15, 0.2) is 0 Å². The van der Waals surface area contributed by atoms with E-state index in [1.54, 1.807) is 0 Å². The van der Waals surface area contributed by atoms with E-state index in [0.717, 1.165) is 61.7 Å². The monoisotopic (exact) mass is 404 g/mol. The number of aromatic nitrogens is 3. The number of carbonyl (C=O) groups excluding carboxylic acids is 1. The molecule has 7 nitrogen and oxygen atoms in total. The Kier molecular flexibility index (Phi) is 5.60. The minimum atomic E-state index is 0.144. The van der Waals surface area contributed by atoms with Gasteiger partial charge in [0.2, 0.25) is 5.91 Å². The minimum absolute atomic E-state index is 0.144. The summed E-state index contributed by atoms with van der Waals surface area (Å²) in [4.78, 5) is 22.0. The van der Waals surface area contributed by atoms with Crippen molar-refractivity contribution >= 4 is 16.9 Å². The maximum Gasteiger partial charge on any atom is 0.242 e. The number of fused-ring (bicyclic) bond motifs is 1. The van der Waals surface area contributed by atoms with Crippen molar-refractivity contribution in [3.05, 3.63) is 53.1 Å². The van der Waals surface area contributed by atoms with Crippen LogP contribution in [0.15, 0.2) is 30.3 Å². The predicted octanol–water partition coefficient (Wildman–Crippen LogP) is 2.60. The number of imidazole rings is 1. The van der Waals surface area contributed by atoms with Crippen LogP contribution in [0.25, 0.3) is 11.0 Å². The molecule has 1 aromatic carbocycles. The standard InChI is InChI=1S/C23H28N6O/c1-17-19(13-20(14-24)26(17)3)15-27-9-6-10-28(12-11-27)23(30)16-29-18(2)25-21-7-4-5-8-22(21)29/h4-5,7-8,13H,6,9-12,15-16H2,1-3H3. The number of rotatable bonds is 4. The maximum absolute atomic E-state index is 13.0. The van der Waals surface area contributed by atoms with Crippen LogP contribution < -0.4 is 0 Å². The molecule has 0 aliphatic carbocycles. The van der Waals surface area contributed by atoms with Crippen molar-refractivity contribution in [1.82, 2.24) is 23.9 Å². The van der Waals surface area contributed by atoms with Crippen LogP contribution in [-0.2, 0) is 24.9 Å². The van der Waals surface area contributed by atoms with Crippen molar-refractivity contribution in [1.29, 1.82) is 5.26 Å². The number of nitrogens with zero attached hydrogens (tertiary/aromatic N) is 6. The fraction of sp³-hybridized carbons (Fsp3) is 0.435. The summed E-state index contributed by atoms with van der Waals surface area (Å²) in [6.07, 6.45) is 0.951. The number of amides is 1. The van der Waals surface area contributed by atoms with Gasteiger partial charge in [0, 0.05) is 45.5 Å². The van der Waals surface area contributed by atoms with Gasteiger partial charge in [-0.3, -0.25) is 9.69 Å². The summed E-state index contributed by atoms with van der Waals surface area (Å²) in [5.74, 6) is 1.01. The molecule has 1 fully saturated rings. The molecular formula is C23H28N6O. The van der Waals surface area contributed by atoms with Crippen LogP contribution >= 0.6 is 0 Å². The van der Waals surface area contributed by atoms with E-state index in [-0.39, 0.29) is 5.91 Å². The second-order valence-corrected chi connectivity index (χ2v) is 8.06. The molecule has 0 radical (unpaired) electrons. The highest BCUT2D eigenvalue weighted by Gasteiger charge is 2.22. The topological polar surface area (TPSA) is 70.1 Å². The molecule has 2 aromatic heterocycles. The molecule has 0 spiro atoms. The van der Waals surface area contributed by atoms with Crippen molar-refractivity contribution in [2.45, 2.75) is 33.4 Å². The van der Waals surface area contributed by atoms with Gasteiger partial charge < -0.3 is 14.0 Å². The Morgan fingerprint density at radius 1 is 1.17 bits per heavy atom. The molecule has 1 saturated heterocycles. The van der Waals surface area contributed by atoms with Crippen molar-refractivity contribution in [2.75, 3.05) is 26.2 Å². The van der Waals surface area contributed by atoms with Gasteiger partial charge in [-0.2, -0.15) is 5.26 Å². The molecule has 4 rings (SSSR count). The molecule has 0 atom stereocenters. The second-order valence-electron chi connectivity index (χ2n) is 8.06. The highest BCUT2D eigenvalue weighted by Crippen LogP contribution is 2.18. The molecule has 30 heavy (non-hydrogen) atoms. The Bertz CT molecular complexity index is 1120. The quantitative estimate of drug-likeness (QED) is 0.670. The van der Waals surface area contributed by atoms with E-state index in [9.17, 15) is 10.1 Å². The molecule has 3 aromatic rings. The summed E-state index contributed by atoms with van der Waals surface area (Å²) in [6, 6.07) is 12.2. The zero-order valence-electron chi connectivity index (χ0n) is 17.9. The number of benzene rings is 1. The summed E-state index contributed by atoms with van der Waals surface area (Å²) < 4.78 is 3.96. The molecule has 7 heteroatoms. The molecule has 0 saturated carbocycles. The molecule has 0 unspecified atom stereocenters. The molecule has 0 bridgehead atoms. The first kappa shape index (κ1) is 20.2. The van der Waals surface area contributed by atoms with Gasteiger partial charge in [-0.05, 0) is 44.0 Å². The summed E-state index contributed by atoms with van der Waals surface area (Å²) in [5.41, 5.74) is 4.95. The number of para-hydroxylation sites is 2. The van der Waals surface area contributed by atoms with Gasteiger partial charge in [0.1, 0.15) is 24.1 Å². The number of aryl methyl sites for hydroxylation is 1. The number of carbonyl (C=O) groups is 1. The smallest absolute Gasteiger partial charge is 0.242 e. The third-order valence-electron chi connectivity index (χ3n) is 6.23. The van der Waals surface area contributed by atoms with Crippen molar-refractivity contribution in [3.8, 4) is 6.07 Å². The first-order chi connectivity index (χ1) is 14.5. The maximum atomic E-state index is 13.0. The van der Waals surface area contributed by atoms with Crippen molar-refractivity contribution < 1.29 is 4.79 Å². The first-order valence-electron chi connectivity index (χ1n) is 10.4. The van der Waals surface area contributed by atoms with E-state index >= 15 is 0 Å². The lowest BCUT2D eigenvalue weighted by atomic mass is 10.2. The zero-order valence-corrected chi connectivity index (χ0v) is 17.9. The van der Waals surface area contributed by atoms with E-state index in [1.807, 2.05) is 58.3 Å². The third kappa shape index (κ3) is 3.83. The van der Waals surface area contributed by atoms with Crippen molar-refractivity contribution in [3.63, 3.8) is 0 Å². The molecule has 3 heterocycles. The Balaban J connectivity index is 1.41. The highest BCUT2D eigenvalue weighted by atomic mass is 16.2. The van der Waals surface area contributed by atoms with E-state index in [2.05, 4.69) is 22.9 Å². The highest BCUT2D eigenvalue weighted by molar-refractivity contribution is 5.81. The van der Waals surface area contributed by atoms with E-state index in [4.69, 9.17) is 0 Å². The average molecular weight is 405 g/mol. The molecule has 156 valence electrons. The van der Waals surface area contributed by atoms with Crippen LogP contribution in [-0.4, -0.2) is 56.0 Å². The summed E-state index contributed by atoms with van der Waals surface area (Å²) in [6.45, 7) is 8.44. The van der Waals surface area contributed by atoms with Crippen LogP contribution in [0.3, 0.4) is 0 Å². The van der Waals surface area contributed by atoms with Crippen LogP contribution in [0.5, 0.6) is 0 Å². The Morgan fingerprint density at radius 3 is 2.73 bits per heavy atom. The fourth-order valence-electron chi connectivity index (χ4n) is 4.28. The number of hydrogen-bond donors (Lipinski definition) is 0. The molecule has 1 amide bonds. The van der Waals surface area contributed by atoms with E-state index < -0.39 is 0 Å². The van der Waals surface area contributed by atoms with E-state index in [0.29, 0.717) is 12.2 Å². The van der Waals surface area contributed by atoms with E-state index in [1.165, 1.54) is 5.56 Å². The van der Waals surface area contributed by atoms with Gasteiger partial charge in [-0.15, -0.1) is 0 Å². The molecule has 0 N–H and O–H groups in total. The van der Waals surface area contributed by atoms with Crippen LogP contribution in [0.4, 0.5) is 0 Å². The summed E-state index contributed by atoms with van der Waals surface area (Å²) >= 11 is 0. The van der Waals surface area contributed by atoms with Crippen LogP contribution in [0, 0.1) is 25.2 Å². The lowest BCUT2D eigenvalue weighted by Gasteiger charge is -2.22. The van der Waals surface area contributed by atoms with Gasteiger partial charge in [0.05, 0.1) is 11.0 Å². The SMILES string of the molecule is Cc1c(CN2CCCN(C(=O)Cn3c(C)nc4ccccc43)CC2)cc(C#N)n1C. The lowest BCUT2D eigenvalue weighted by molar-refractivity contribution is -0.131. The van der Waals surface area contributed by atoms with Gasteiger partial charge in [-0.25, -0.2) is 4.98 Å². The molecule has 1 aliphatic rings. The largest absolute Gasteiger partial charge is 0.340 e. The Labute approximate surface area is 177 Å². The molecular weight excluding hydrogens is 376 g/mol. The summed E-state index contributed by atoms with van der Waals surface area (Å²) in [5, 5.41) is 9.26. The second kappa shape index (κ2) is 8.33. The van der Waals surface area contributed by atoms with Gasteiger partial charge >= 0.3 is 0 Å². The molecule has 1 aliphatic heterocycles. The fourth-order valence-corrected chi connectivity index (χ4v) is 4.28. The van der Waals surface area contributed by atoms with Gasteiger partial charge in [0.25, 0.3) is 0 Å². The lowest BCUT2D eigenvalue weighted by Crippen LogP contribution is -2.37. The number of hydrogen-bond acceptors (Lipinski definition) is 4. The van der Waals surface area contributed by atoms with Crippen molar-refractivity contribution in [2.24, 2.45) is 7.05 Å². The summed E-state index contributed by atoms with van der Waals surface area (Å²) in [7, 11) is 1.93. The first-order valence-corrected chi connectivity index (χ1v) is 10.4. The predicted molar refractivity (Wildman–Crippen MR) is 116 cm³/mol. The number of nitriles is 1. The Morgan fingerprint density at radius 2 is 1.97 bits per heavy atom. The van der Waals surface area contributed by atoms with Crippen LogP contribution in [0.2, 0.25) is 0 Å². The normalized spacial score (nSPS) is 15.3. The Hall–Kier alpha value is -3.11. The minimum Gasteiger partial charge on any atom is -0.340 e.